The fourth-order valence-corrected chi connectivity index (χ4v) is 4.25. The predicted octanol–water partition coefficient (Wildman–Crippen LogP) is 5.54. The summed E-state index contributed by atoms with van der Waals surface area (Å²) in [6.45, 7) is 11.5. The molecule has 2 aromatic rings. The van der Waals surface area contributed by atoms with Crippen LogP contribution in [0.25, 0.3) is 5.76 Å². The summed E-state index contributed by atoms with van der Waals surface area (Å²) in [4.78, 5) is 27.6. The zero-order chi connectivity index (χ0) is 25.8. The highest BCUT2D eigenvalue weighted by atomic mass is 16.5. The number of benzene rings is 2. The molecule has 1 aliphatic rings. The van der Waals surface area contributed by atoms with E-state index >= 15 is 0 Å². The molecule has 1 aliphatic heterocycles. The van der Waals surface area contributed by atoms with Gasteiger partial charge in [0.15, 0.2) is 0 Å². The maximum absolute atomic E-state index is 13.2. The Morgan fingerprint density at radius 2 is 1.74 bits per heavy atom. The van der Waals surface area contributed by atoms with E-state index in [1.807, 2.05) is 31.2 Å². The standard InChI is InChI=1S/C29H37NO5/c1-7-8-16-35-23-14-11-21(18-19(23)2)26(31)24-25(30(15-17-34-6)28(33)27(24)32)20-9-12-22(13-10-20)29(3,4)5/h9-14,18,25,31H,7-8,15-17H2,1-6H3/b26-24+/t25-/m0/s1. The molecule has 3 rings (SSSR count). The quantitative estimate of drug-likeness (QED) is 0.221. The smallest absolute Gasteiger partial charge is 0.295 e. The lowest BCUT2D eigenvalue weighted by molar-refractivity contribution is -0.140. The third-order valence-electron chi connectivity index (χ3n) is 6.37. The molecule has 1 fully saturated rings. The lowest BCUT2D eigenvalue weighted by atomic mass is 9.85. The number of nitrogens with zero attached hydrogens (tertiary/aromatic N) is 1. The number of ether oxygens (including phenoxy) is 2. The Hall–Kier alpha value is -3.12. The molecule has 188 valence electrons. The molecule has 0 unspecified atom stereocenters. The Kier molecular flexibility index (Phi) is 8.39. The van der Waals surface area contributed by atoms with Crippen molar-refractivity contribution in [1.29, 1.82) is 0 Å². The third-order valence-corrected chi connectivity index (χ3v) is 6.37. The lowest BCUT2D eigenvalue weighted by Gasteiger charge is -2.26. The number of aryl methyl sites for hydroxylation is 1. The molecule has 0 bridgehead atoms. The molecular weight excluding hydrogens is 442 g/mol. The van der Waals surface area contributed by atoms with Gasteiger partial charge < -0.3 is 19.5 Å². The molecule has 0 aliphatic carbocycles. The minimum absolute atomic E-state index is 0.0329. The van der Waals surface area contributed by atoms with E-state index in [-0.39, 0.29) is 29.9 Å². The summed E-state index contributed by atoms with van der Waals surface area (Å²) < 4.78 is 11.0. The summed E-state index contributed by atoms with van der Waals surface area (Å²) in [5.41, 5.74) is 3.30. The molecule has 1 heterocycles. The summed E-state index contributed by atoms with van der Waals surface area (Å²) in [5.74, 6) is -0.768. The second-order valence-corrected chi connectivity index (χ2v) is 10.0. The number of rotatable bonds is 9. The Bertz CT molecular complexity index is 1100. The van der Waals surface area contributed by atoms with E-state index in [1.165, 1.54) is 4.90 Å². The first-order chi connectivity index (χ1) is 16.6. The summed E-state index contributed by atoms with van der Waals surface area (Å²) in [6.07, 6.45) is 2.00. The molecule has 0 radical (unpaired) electrons. The van der Waals surface area contributed by atoms with Gasteiger partial charge in [0.2, 0.25) is 0 Å². The van der Waals surface area contributed by atoms with Gasteiger partial charge >= 0.3 is 0 Å². The number of carbonyl (C=O) groups is 2. The third kappa shape index (κ3) is 5.76. The zero-order valence-electron chi connectivity index (χ0n) is 21.7. The number of likely N-dealkylation sites (tertiary alicyclic amines) is 1. The molecule has 6 nitrogen and oxygen atoms in total. The minimum Gasteiger partial charge on any atom is -0.507 e. The highest BCUT2D eigenvalue weighted by Gasteiger charge is 2.45. The summed E-state index contributed by atoms with van der Waals surface area (Å²) >= 11 is 0. The number of carbonyl (C=O) groups excluding carboxylic acids is 2. The average molecular weight is 480 g/mol. The topological polar surface area (TPSA) is 76.1 Å². The van der Waals surface area contributed by atoms with E-state index in [2.05, 4.69) is 27.7 Å². The first kappa shape index (κ1) is 26.5. The van der Waals surface area contributed by atoms with E-state index in [0.717, 1.165) is 35.3 Å². The predicted molar refractivity (Wildman–Crippen MR) is 138 cm³/mol. The van der Waals surface area contributed by atoms with Crippen molar-refractivity contribution < 1.29 is 24.2 Å². The van der Waals surface area contributed by atoms with Gasteiger partial charge in [-0.1, -0.05) is 58.4 Å². The van der Waals surface area contributed by atoms with Crippen molar-refractivity contribution in [2.45, 2.75) is 58.9 Å². The van der Waals surface area contributed by atoms with E-state index in [9.17, 15) is 14.7 Å². The molecule has 1 saturated heterocycles. The SMILES string of the molecule is CCCCOc1ccc(/C(O)=C2\C(=O)C(=O)N(CCOC)[C@H]2c2ccc(C(C)(C)C)cc2)cc1C. The Morgan fingerprint density at radius 3 is 2.31 bits per heavy atom. The van der Waals surface area contributed by atoms with Crippen LogP contribution in [0, 0.1) is 6.92 Å². The number of Topliss-reactive ketones (excluding diaryl/α,β-unsaturated/α-hetero) is 1. The number of aliphatic hydroxyl groups excluding tert-OH is 1. The highest BCUT2D eigenvalue weighted by molar-refractivity contribution is 6.46. The van der Waals surface area contributed by atoms with Gasteiger partial charge in [-0.25, -0.2) is 0 Å². The first-order valence-electron chi connectivity index (χ1n) is 12.2. The summed E-state index contributed by atoms with van der Waals surface area (Å²) in [6, 6.07) is 12.5. The van der Waals surface area contributed by atoms with Crippen LogP contribution in [0.5, 0.6) is 5.75 Å². The molecule has 2 aromatic carbocycles. The van der Waals surface area contributed by atoms with Crippen LogP contribution in [0.2, 0.25) is 0 Å². The van der Waals surface area contributed by atoms with Crippen LogP contribution < -0.4 is 4.74 Å². The largest absolute Gasteiger partial charge is 0.507 e. The van der Waals surface area contributed by atoms with Crippen molar-refractivity contribution in [1.82, 2.24) is 4.90 Å². The molecular formula is C29H37NO5. The molecule has 0 saturated carbocycles. The molecule has 0 aromatic heterocycles. The second kappa shape index (κ2) is 11.1. The van der Waals surface area contributed by atoms with E-state index in [4.69, 9.17) is 9.47 Å². The van der Waals surface area contributed by atoms with Crippen LogP contribution in [0.15, 0.2) is 48.0 Å². The number of hydrogen-bond acceptors (Lipinski definition) is 5. The van der Waals surface area contributed by atoms with Crippen LogP contribution in [0.1, 0.15) is 68.8 Å². The number of amides is 1. The lowest BCUT2D eigenvalue weighted by Crippen LogP contribution is -2.32. The molecule has 1 atom stereocenters. The van der Waals surface area contributed by atoms with Crippen molar-refractivity contribution in [3.63, 3.8) is 0 Å². The van der Waals surface area contributed by atoms with Crippen molar-refractivity contribution in [3.05, 3.63) is 70.3 Å². The van der Waals surface area contributed by atoms with E-state index in [1.54, 1.807) is 25.3 Å². The van der Waals surface area contributed by atoms with Crippen LogP contribution in [-0.2, 0) is 19.7 Å². The monoisotopic (exact) mass is 479 g/mol. The fourth-order valence-electron chi connectivity index (χ4n) is 4.25. The van der Waals surface area contributed by atoms with Gasteiger partial charge in [0, 0.05) is 19.2 Å². The van der Waals surface area contributed by atoms with Crippen molar-refractivity contribution in [2.75, 3.05) is 26.9 Å². The summed E-state index contributed by atoms with van der Waals surface area (Å²) in [7, 11) is 1.55. The Morgan fingerprint density at radius 1 is 1.06 bits per heavy atom. The van der Waals surface area contributed by atoms with Gasteiger partial charge in [0.25, 0.3) is 11.7 Å². The molecule has 6 heteroatoms. The summed E-state index contributed by atoms with van der Waals surface area (Å²) in [5, 5.41) is 11.3. The number of methoxy groups -OCH3 is 1. The van der Waals surface area contributed by atoms with Gasteiger partial charge in [-0.2, -0.15) is 0 Å². The van der Waals surface area contributed by atoms with E-state index in [0.29, 0.717) is 12.2 Å². The van der Waals surface area contributed by atoms with Crippen LogP contribution in [0.3, 0.4) is 0 Å². The maximum Gasteiger partial charge on any atom is 0.295 e. The molecule has 1 N–H and O–H groups in total. The van der Waals surface area contributed by atoms with Gasteiger partial charge in [-0.15, -0.1) is 0 Å². The van der Waals surface area contributed by atoms with Crippen LogP contribution >= 0.6 is 0 Å². The van der Waals surface area contributed by atoms with Gasteiger partial charge in [0.05, 0.1) is 24.8 Å². The van der Waals surface area contributed by atoms with Crippen molar-refractivity contribution in [2.24, 2.45) is 0 Å². The zero-order valence-corrected chi connectivity index (χ0v) is 21.7. The maximum atomic E-state index is 13.2. The van der Waals surface area contributed by atoms with Gasteiger partial charge in [0.1, 0.15) is 11.5 Å². The normalized spacial score (nSPS) is 17.8. The number of aliphatic hydroxyl groups is 1. The average Bonchev–Trinajstić information content (AvgIpc) is 3.07. The Labute approximate surface area is 208 Å². The van der Waals surface area contributed by atoms with Crippen molar-refractivity contribution >= 4 is 17.4 Å². The molecule has 0 spiro atoms. The fraction of sp³-hybridized carbons (Fsp3) is 0.448. The highest BCUT2D eigenvalue weighted by Crippen LogP contribution is 2.40. The molecule has 1 amide bonds. The van der Waals surface area contributed by atoms with Gasteiger partial charge in [-0.05, 0) is 53.6 Å². The number of ketones is 1. The van der Waals surface area contributed by atoms with Crippen LogP contribution in [0.4, 0.5) is 0 Å². The minimum atomic E-state index is -0.694. The van der Waals surface area contributed by atoms with Gasteiger partial charge in [-0.3, -0.25) is 9.59 Å². The molecule has 35 heavy (non-hydrogen) atoms. The number of unbranched alkanes of at least 4 members (excludes halogenated alkanes) is 1. The Balaban J connectivity index is 2.06. The first-order valence-corrected chi connectivity index (χ1v) is 12.2. The second-order valence-electron chi connectivity index (χ2n) is 10.0. The number of hydrogen-bond donors (Lipinski definition) is 1. The van der Waals surface area contributed by atoms with Crippen LogP contribution in [-0.4, -0.2) is 48.6 Å². The van der Waals surface area contributed by atoms with Crippen molar-refractivity contribution in [3.8, 4) is 5.75 Å². The van der Waals surface area contributed by atoms with E-state index < -0.39 is 17.7 Å².